The molecule has 0 saturated carbocycles. The zero-order chi connectivity index (χ0) is 16.5. The molecule has 24 heavy (non-hydrogen) atoms. The van der Waals surface area contributed by atoms with Crippen LogP contribution in [0.2, 0.25) is 0 Å². The maximum absolute atomic E-state index is 12.6. The zero-order valence-electron chi connectivity index (χ0n) is 13.5. The molecule has 0 saturated heterocycles. The average molecular weight is 321 g/mol. The summed E-state index contributed by atoms with van der Waals surface area (Å²) < 4.78 is 2.17. The lowest BCUT2D eigenvalue weighted by Crippen LogP contribution is -2.40. The maximum Gasteiger partial charge on any atom is 0.255 e. The molecule has 3 heterocycles. The number of H-pyrrole nitrogens is 1. The van der Waals surface area contributed by atoms with Gasteiger partial charge in [-0.2, -0.15) is 0 Å². The van der Waals surface area contributed by atoms with E-state index in [4.69, 9.17) is 0 Å². The standard InChI is InChI=1S/C18H19N5O/c1-13-11-22(18(24)15-7-8-19-10-15)12-17-21-20-16(23(13)17)9-14-5-3-2-4-6-14/h2-8,10,13,19H,9,11-12H2,1H3/t13-/m0/s1. The van der Waals surface area contributed by atoms with Gasteiger partial charge < -0.3 is 14.5 Å². The summed E-state index contributed by atoms with van der Waals surface area (Å²) in [5, 5.41) is 8.70. The van der Waals surface area contributed by atoms with Crippen molar-refractivity contribution < 1.29 is 4.79 Å². The van der Waals surface area contributed by atoms with E-state index in [0.29, 0.717) is 18.7 Å². The summed E-state index contributed by atoms with van der Waals surface area (Å²) in [5.74, 6) is 1.84. The topological polar surface area (TPSA) is 66.8 Å². The van der Waals surface area contributed by atoms with Gasteiger partial charge in [0.25, 0.3) is 5.91 Å². The summed E-state index contributed by atoms with van der Waals surface area (Å²) in [5.41, 5.74) is 1.89. The van der Waals surface area contributed by atoms with Crippen LogP contribution in [0.25, 0.3) is 0 Å². The van der Waals surface area contributed by atoms with Gasteiger partial charge in [0.05, 0.1) is 18.2 Å². The van der Waals surface area contributed by atoms with Crippen molar-refractivity contribution in [3.05, 3.63) is 71.6 Å². The molecule has 1 aliphatic heterocycles. The zero-order valence-corrected chi connectivity index (χ0v) is 13.5. The van der Waals surface area contributed by atoms with Crippen molar-refractivity contribution in [2.75, 3.05) is 6.54 Å². The molecular weight excluding hydrogens is 302 g/mol. The van der Waals surface area contributed by atoms with Crippen molar-refractivity contribution in [3.8, 4) is 0 Å². The van der Waals surface area contributed by atoms with Crippen molar-refractivity contribution in [1.82, 2.24) is 24.6 Å². The van der Waals surface area contributed by atoms with Crippen LogP contribution in [0.5, 0.6) is 0 Å². The average Bonchev–Trinajstić information content (AvgIpc) is 3.25. The molecule has 0 aliphatic carbocycles. The molecule has 6 heteroatoms. The molecule has 2 aromatic heterocycles. The van der Waals surface area contributed by atoms with Crippen molar-refractivity contribution in [1.29, 1.82) is 0 Å². The highest BCUT2D eigenvalue weighted by atomic mass is 16.2. The molecular formula is C18H19N5O. The van der Waals surface area contributed by atoms with E-state index >= 15 is 0 Å². The highest BCUT2D eigenvalue weighted by Crippen LogP contribution is 2.24. The van der Waals surface area contributed by atoms with Crippen molar-refractivity contribution in [2.24, 2.45) is 0 Å². The fourth-order valence-corrected chi connectivity index (χ4v) is 3.31. The van der Waals surface area contributed by atoms with Crippen molar-refractivity contribution >= 4 is 5.91 Å². The van der Waals surface area contributed by atoms with Crippen LogP contribution in [0.15, 0.2) is 48.8 Å². The number of carbonyl (C=O) groups excluding carboxylic acids is 1. The van der Waals surface area contributed by atoms with Crippen molar-refractivity contribution in [3.63, 3.8) is 0 Å². The Morgan fingerprint density at radius 3 is 2.83 bits per heavy atom. The number of aromatic amines is 1. The quantitative estimate of drug-likeness (QED) is 0.805. The van der Waals surface area contributed by atoms with E-state index < -0.39 is 0 Å². The van der Waals surface area contributed by atoms with E-state index in [-0.39, 0.29) is 11.9 Å². The van der Waals surface area contributed by atoms with Crippen LogP contribution in [0.3, 0.4) is 0 Å². The lowest BCUT2D eigenvalue weighted by atomic mass is 10.1. The number of nitrogens with zero attached hydrogens (tertiary/aromatic N) is 4. The molecule has 1 atom stereocenters. The van der Waals surface area contributed by atoms with E-state index in [9.17, 15) is 4.79 Å². The Bertz CT molecular complexity index is 838. The van der Waals surface area contributed by atoms with Gasteiger partial charge in [0.15, 0.2) is 5.82 Å². The predicted octanol–water partition coefficient (Wildman–Crippen LogP) is 2.41. The SMILES string of the molecule is C[C@H]1CN(C(=O)c2cc[nH]c2)Cc2nnc(Cc3ccccc3)n21. The van der Waals surface area contributed by atoms with Gasteiger partial charge in [0.2, 0.25) is 0 Å². The Balaban J connectivity index is 1.58. The highest BCUT2D eigenvalue weighted by Gasteiger charge is 2.29. The number of nitrogens with one attached hydrogen (secondary N) is 1. The third-order valence-corrected chi connectivity index (χ3v) is 4.43. The van der Waals surface area contributed by atoms with E-state index in [1.165, 1.54) is 5.56 Å². The lowest BCUT2D eigenvalue weighted by molar-refractivity contribution is 0.0680. The van der Waals surface area contributed by atoms with E-state index in [1.54, 1.807) is 18.5 Å². The molecule has 1 N–H and O–H groups in total. The van der Waals surface area contributed by atoms with Crippen LogP contribution < -0.4 is 0 Å². The number of hydrogen-bond acceptors (Lipinski definition) is 3. The first kappa shape index (κ1) is 14.7. The van der Waals surface area contributed by atoms with Crippen LogP contribution in [-0.4, -0.2) is 37.1 Å². The lowest BCUT2D eigenvalue weighted by Gasteiger charge is -2.32. The Hall–Kier alpha value is -2.89. The van der Waals surface area contributed by atoms with E-state index in [0.717, 1.165) is 18.1 Å². The minimum absolute atomic E-state index is 0.0296. The molecule has 0 fully saturated rings. The molecule has 3 aromatic rings. The normalized spacial score (nSPS) is 16.9. The molecule has 0 radical (unpaired) electrons. The summed E-state index contributed by atoms with van der Waals surface area (Å²) in [7, 11) is 0. The number of hydrogen-bond donors (Lipinski definition) is 1. The largest absolute Gasteiger partial charge is 0.367 e. The van der Waals surface area contributed by atoms with Crippen molar-refractivity contribution in [2.45, 2.75) is 25.9 Å². The molecule has 122 valence electrons. The van der Waals surface area contributed by atoms with Gasteiger partial charge in [0.1, 0.15) is 5.82 Å². The number of rotatable bonds is 3. The van der Waals surface area contributed by atoms with Gasteiger partial charge in [-0.1, -0.05) is 30.3 Å². The molecule has 1 amide bonds. The van der Waals surface area contributed by atoms with Gasteiger partial charge in [-0.15, -0.1) is 10.2 Å². The van der Waals surface area contributed by atoms with E-state index in [1.807, 2.05) is 23.1 Å². The molecule has 0 spiro atoms. The predicted molar refractivity (Wildman–Crippen MR) is 89.5 cm³/mol. The van der Waals surface area contributed by atoms with Crippen LogP contribution in [-0.2, 0) is 13.0 Å². The Morgan fingerprint density at radius 1 is 1.25 bits per heavy atom. The van der Waals surface area contributed by atoms with Gasteiger partial charge in [-0.25, -0.2) is 0 Å². The smallest absolute Gasteiger partial charge is 0.255 e. The molecule has 4 rings (SSSR count). The summed E-state index contributed by atoms with van der Waals surface area (Å²) in [4.78, 5) is 17.3. The summed E-state index contributed by atoms with van der Waals surface area (Å²) in [6.07, 6.45) is 4.25. The first-order chi connectivity index (χ1) is 11.7. The molecule has 1 aliphatic rings. The van der Waals surface area contributed by atoms with Crippen LogP contribution in [0.4, 0.5) is 0 Å². The fourth-order valence-electron chi connectivity index (χ4n) is 3.31. The third-order valence-electron chi connectivity index (χ3n) is 4.43. The Morgan fingerprint density at radius 2 is 2.08 bits per heavy atom. The maximum atomic E-state index is 12.6. The monoisotopic (exact) mass is 321 g/mol. The Labute approximate surface area is 140 Å². The first-order valence-corrected chi connectivity index (χ1v) is 8.11. The summed E-state index contributed by atoms with van der Waals surface area (Å²) in [6, 6.07) is 12.2. The molecule has 0 unspecified atom stereocenters. The van der Waals surface area contributed by atoms with Crippen LogP contribution >= 0.6 is 0 Å². The molecule has 6 nitrogen and oxygen atoms in total. The number of amides is 1. The minimum atomic E-state index is 0.0296. The highest BCUT2D eigenvalue weighted by molar-refractivity contribution is 5.94. The van der Waals surface area contributed by atoms with Gasteiger partial charge in [0, 0.05) is 25.4 Å². The molecule has 0 bridgehead atoms. The third kappa shape index (κ3) is 2.60. The number of carbonyl (C=O) groups is 1. The summed E-state index contributed by atoms with van der Waals surface area (Å²) >= 11 is 0. The van der Waals surface area contributed by atoms with Gasteiger partial charge in [-0.3, -0.25) is 4.79 Å². The minimum Gasteiger partial charge on any atom is -0.367 e. The molecule has 1 aromatic carbocycles. The van der Waals surface area contributed by atoms with Crippen LogP contribution in [0, 0.1) is 0 Å². The number of benzene rings is 1. The second-order valence-electron chi connectivity index (χ2n) is 6.20. The second kappa shape index (κ2) is 5.96. The van der Waals surface area contributed by atoms with Gasteiger partial charge >= 0.3 is 0 Å². The fraction of sp³-hybridized carbons (Fsp3) is 0.278. The summed E-state index contributed by atoms with van der Waals surface area (Å²) in [6.45, 7) is 3.27. The Kier molecular flexibility index (Phi) is 3.65. The second-order valence-corrected chi connectivity index (χ2v) is 6.20. The van der Waals surface area contributed by atoms with Gasteiger partial charge in [-0.05, 0) is 18.6 Å². The number of aromatic nitrogens is 4. The van der Waals surface area contributed by atoms with Crippen LogP contribution in [0.1, 0.15) is 40.5 Å². The first-order valence-electron chi connectivity index (χ1n) is 8.11. The van der Waals surface area contributed by atoms with E-state index in [2.05, 4.69) is 38.8 Å². The number of fused-ring (bicyclic) bond motifs is 1.